The average molecular weight is 447 g/mol. The summed E-state index contributed by atoms with van der Waals surface area (Å²) in [7, 11) is 1.44. The molecule has 168 valence electrons. The van der Waals surface area contributed by atoms with Gasteiger partial charge in [-0.3, -0.25) is 4.79 Å². The van der Waals surface area contributed by atoms with E-state index < -0.39 is 11.7 Å². The highest BCUT2D eigenvalue weighted by Crippen LogP contribution is 2.32. The SMILES string of the molecule is COc1ccc(F)cc1C(=O)NCc1ccc(-c2nn(C3CNC3)c3ncnc(N)c23)cc1. The van der Waals surface area contributed by atoms with E-state index in [1.54, 1.807) is 0 Å². The first kappa shape index (κ1) is 20.8. The third kappa shape index (κ3) is 3.85. The van der Waals surface area contributed by atoms with Crippen molar-refractivity contribution >= 4 is 22.8 Å². The third-order valence-corrected chi connectivity index (χ3v) is 5.71. The fourth-order valence-electron chi connectivity index (χ4n) is 3.81. The van der Waals surface area contributed by atoms with Crippen molar-refractivity contribution in [3.63, 3.8) is 0 Å². The third-order valence-electron chi connectivity index (χ3n) is 5.71. The van der Waals surface area contributed by atoms with Gasteiger partial charge in [-0.15, -0.1) is 0 Å². The number of nitrogens with two attached hydrogens (primary N) is 1. The van der Waals surface area contributed by atoms with Crippen molar-refractivity contribution in [3.05, 3.63) is 65.7 Å². The van der Waals surface area contributed by atoms with E-state index in [4.69, 9.17) is 15.6 Å². The molecule has 0 atom stereocenters. The Bertz CT molecular complexity index is 1330. The minimum atomic E-state index is -0.502. The van der Waals surface area contributed by atoms with Gasteiger partial charge >= 0.3 is 0 Å². The normalized spacial score (nSPS) is 13.6. The number of nitrogens with one attached hydrogen (secondary N) is 2. The molecule has 9 nitrogen and oxygen atoms in total. The standard InChI is InChI=1S/C23H22FN7O2/c1-33-18-7-6-15(24)8-17(18)23(32)27-9-13-2-4-14(5-3-13)20-19-21(25)28-12-29-22(19)31(30-20)16-10-26-11-16/h2-8,12,16,26H,9-11H2,1H3,(H,27,32)(H2,25,28,29). The summed E-state index contributed by atoms with van der Waals surface area (Å²) < 4.78 is 20.6. The Balaban J connectivity index is 1.37. The van der Waals surface area contributed by atoms with Gasteiger partial charge < -0.3 is 21.1 Å². The van der Waals surface area contributed by atoms with Crippen LogP contribution in [0.3, 0.4) is 0 Å². The molecular formula is C23H22FN7O2. The first-order valence-corrected chi connectivity index (χ1v) is 10.5. The number of hydrogen-bond acceptors (Lipinski definition) is 7. The average Bonchev–Trinajstić information content (AvgIpc) is 3.17. The largest absolute Gasteiger partial charge is 0.496 e. The summed E-state index contributed by atoms with van der Waals surface area (Å²) in [5.74, 6) is -0.223. The summed E-state index contributed by atoms with van der Waals surface area (Å²) >= 11 is 0. The lowest BCUT2D eigenvalue weighted by Gasteiger charge is -2.27. The molecule has 4 N–H and O–H groups in total. The van der Waals surface area contributed by atoms with Crippen LogP contribution in [0.5, 0.6) is 5.75 Å². The summed E-state index contributed by atoms with van der Waals surface area (Å²) in [6, 6.07) is 11.7. The van der Waals surface area contributed by atoms with Gasteiger partial charge in [0, 0.05) is 25.2 Å². The molecule has 2 aromatic carbocycles. The minimum Gasteiger partial charge on any atom is -0.496 e. The molecule has 1 saturated heterocycles. The van der Waals surface area contributed by atoms with Crippen LogP contribution < -0.4 is 21.1 Å². The number of ether oxygens (including phenoxy) is 1. The van der Waals surface area contributed by atoms with Crippen LogP contribution in [0.25, 0.3) is 22.3 Å². The maximum atomic E-state index is 13.6. The highest BCUT2D eigenvalue weighted by atomic mass is 19.1. The number of methoxy groups -OCH3 is 1. The molecule has 0 radical (unpaired) electrons. The van der Waals surface area contributed by atoms with Gasteiger partial charge in [0.05, 0.1) is 24.1 Å². The summed E-state index contributed by atoms with van der Waals surface area (Å²) in [5, 5.41) is 11.6. The van der Waals surface area contributed by atoms with Crippen LogP contribution in [-0.2, 0) is 6.54 Å². The molecule has 4 aromatic rings. The first-order valence-electron chi connectivity index (χ1n) is 10.5. The molecule has 1 aliphatic rings. The molecule has 0 saturated carbocycles. The number of halogens is 1. The van der Waals surface area contributed by atoms with Crippen LogP contribution in [-0.4, -0.2) is 45.9 Å². The molecule has 10 heteroatoms. The van der Waals surface area contributed by atoms with Crippen molar-refractivity contribution in [2.24, 2.45) is 0 Å². The van der Waals surface area contributed by atoms with Gasteiger partial charge in [-0.1, -0.05) is 24.3 Å². The van der Waals surface area contributed by atoms with E-state index in [1.807, 2.05) is 28.9 Å². The van der Waals surface area contributed by atoms with Gasteiger partial charge in [-0.2, -0.15) is 5.10 Å². The molecule has 1 fully saturated rings. The molecule has 0 unspecified atom stereocenters. The number of aromatic nitrogens is 4. The highest BCUT2D eigenvalue weighted by molar-refractivity contribution is 5.98. The Morgan fingerprint density at radius 2 is 2.03 bits per heavy atom. The Hall–Kier alpha value is -4.05. The molecule has 5 rings (SSSR count). The van der Waals surface area contributed by atoms with Crippen molar-refractivity contribution in [3.8, 4) is 17.0 Å². The number of nitrogens with zero attached hydrogens (tertiary/aromatic N) is 4. The van der Waals surface area contributed by atoms with Gasteiger partial charge in [-0.25, -0.2) is 19.0 Å². The van der Waals surface area contributed by atoms with E-state index in [0.29, 0.717) is 17.2 Å². The van der Waals surface area contributed by atoms with Crippen LogP contribution in [0, 0.1) is 5.82 Å². The van der Waals surface area contributed by atoms with Crippen LogP contribution in [0.1, 0.15) is 22.0 Å². The van der Waals surface area contributed by atoms with Crippen LogP contribution in [0.4, 0.5) is 10.2 Å². The van der Waals surface area contributed by atoms with E-state index in [2.05, 4.69) is 20.6 Å². The molecule has 2 aromatic heterocycles. The number of hydrogen-bond donors (Lipinski definition) is 3. The molecule has 33 heavy (non-hydrogen) atoms. The fraction of sp³-hybridized carbons (Fsp3) is 0.217. The van der Waals surface area contributed by atoms with E-state index in [9.17, 15) is 9.18 Å². The molecule has 3 heterocycles. The van der Waals surface area contributed by atoms with E-state index >= 15 is 0 Å². The molecule has 0 bridgehead atoms. The minimum absolute atomic E-state index is 0.145. The lowest BCUT2D eigenvalue weighted by molar-refractivity contribution is 0.0947. The Morgan fingerprint density at radius 3 is 2.73 bits per heavy atom. The Labute approximate surface area is 188 Å². The number of fused-ring (bicyclic) bond motifs is 1. The first-order chi connectivity index (χ1) is 16.0. The number of carbonyl (C=O) groups excluding carboxylic acids is 1. The Morgan fingerprint density at radius 1 is 1.24 bits per heavy atom. The highest BCUT2D eigenvalue weighted by Gasteiger charge is 2.25. The maximum Gasteiger partial charge on any atom is 0.255 e. The van der Waals surface area contributed by atoms with Crippen LogP contribution in [0.2, 0.25) is 0 Å². The zero-order valence-corrected chi connectivity index (χ0v) is 17.9. The zero-order chi connectivity index (χ0) is 22.9. The van der Waals surface area contributed by atoms with Gasteiger partial charge in [0.15, 0.2) is 5.65 Å². The van der Waals surface area contributed by atoms with Crippen molar-refractivity contribution in [1.29, 1.82) is 0 Å². The van der Waals surface area contributed by atoms with Crippen molar-refractivity contribution in [1.82, 2.24) is 30.4 Å². The second-order valence-corrected chi connectivity index (χ2v) is 7.79. The Kier molecular flexibility index (Phi) is 5.35. The number of rotatable bonds is 6. The number of anilines is 1. The molecule has 1 amide bonds. The summed E-state index contributed by atoms with van der Waals surface area (Å²) in [4.78, 5) is 21.1. The molecule has 0 spiro atoms. The second kappa shape index (κ2) is 8.47. The zero-order valence-electron chi connectivity index (χ0n) is 17.9. The lowest BCUT2D eigenvalue weighted by atomic mass is 10.1. The van der Waals surface area contributed by atoms with Gasteiger partial charge in [0.1, 0.15) is 29.4 Å². The second-order valence-electron chi connectivity index (χ2n) is 7.79. The smallest absolute Gasteiger partial charge is 0.255 e. The maximum absolute atomic E-state index is 13.6. The van der Waals surface area contributed by atoms with Gasteiger partial charge in [-0.05, 0) is 23.8 Å². The summed E-state index contributed by atoms with van der Waals surface area (Å²) in [5.41, 5.74) is 9.48. The number of nitrogen functional groups attached to an aromatic ring is 1. The summed E-state index contributed by atoms with van der Waals surface area (Å²) in [6.07, 6.45) is 1.45. The quantitative estimate of drug-likeness (QED) is 0.415. The van der Waals surface area contributed by atoms with Gasteiger partial charge in [0.25, 0.3) is 5.91 Å². The van der Waals surface area contributed by atoms with E-state index in [1.165, 1.54) is 25.6 Å². The predicted molar refractivity (Wildman–Crippen MR) is 121 cm³/mol. The monoisotopic (exact) mass is 447 g/mol. The van der Waals surface area contributed by atoms with Crippen molar-refractivity contribution in [2.75, 3.05) is 25.9 Å². The molecule has 0 aliphatic carbocycles. The molecular weight excluding hydrogens is 425 g/mol. The lowest BCUT2D eigenvalue weighted by Crippen LogP contribution is -2.43. The summed E-state index contributed by atoms with van der Waals surface area (Å²) in [6.45, 7) is 1.93. The fourth-order valence-corrected chi connectivity index (χ4v) is 3.81. The van der Waals surface area contributed by atoms with Crippen LogP contribution >= 0.6 is 0 Å². The topological polar surface area (TPSA) is 120 Å². The van der Waals surface area contributed by atoms with Crippen molar-refractivity contribution in [2.45, 2.75) is 12.6 Å². The van der Waals surface area contributed by atoms with E-state index in [0.717, 1.165) is 41.4 Å². The van der Waals surface area contributed by atoms with Crippen molar-refractivity contribution < 1.29 is 13.9 Å². The molecule has 1 aliphatic heterocycles. The van der Waals surface area contributed by atoms with Gasteiger partial charge in [0.2, 0.25) is 0 Å². The number of amides is 1. The van der Waals surface area contributed by atoms with E-state index in [-0.39, 0.29) is 18.2 Å². The number of benzene rings is 2. The predicted octanol–water partition coefficient (Wildman–Crippen LogP) is 2.30. The number of carbonyl (C=O) groups is 1. The van der Waals surface area contributed by atoms with Crippen LogP contribution in [0.15, 0.2) is 48.8 Å².